The lowest BCUT2D eigenvalue weighted by Gasteiger charge is -2.17. The molecule has 0 bridgehead atoms. The van der Waals surface area contributed by atoms with Gasteiger partial charge in [0, 0.05) is 7.11 Å². The topological polar surface area (TPSA) is 47.3 Å². The van der Waals surface area contributed by atoms with E-state index in [1.807, 2.05) is 6.92 Å². The fourth-order valence-electron chi connectivity index (χ4n) is 0.542. The zero-order valence-corrected chi connectivity index (χ0v) is 5.92. The summed E-state index contributed by atoms with van der Waals surface area (Å²) in [7, 11) is 1.64. The first kappa shape index (κ1) is 8.62. The molecule has 0 aliphatic carbocycles. The van der Waals surface area contributed by atoms with Crippen LogP contribution in [0.2, 0.25) is 0 Å². The van der Waals surface area contributed by atoms with Gasteiger partial charge in [-0.15, -0.1) is 6.58 Å². The predicted molar refractivity (Wildman–Crippen MR) is 37.8 cm³/mol. The van der Waals surface area contributed by atoms with Crippen LogP contribution in [0.4, 0.5) is 0 Å². The Morgan fingerprint density at radius 2 is 2.33 bits per heavy atom. The molecule has 3 nitrogen and oxygen atoms in total. The molecule has 3 heteroatoms. The van der Waals surface area contributed by atoms with Crippen LogP contribution in [-0.4, -0.2) is 19.3 Å². The van der Waals surface area contributed by atoms with Crippen LogP contribution in [-0.2, 0) is 4.74 Å². The summed E-state index contributed by atoms with van der Waals surface area (Å²) in [5.74, 6) is 5.16. The van der Waals surface area contributed by atoms with E-state index >= 15 is 0 Å². The molecule has 0 aromatic heterocycles. The largest absolute Gasteiger partial charge is 0.380 e. The lowest BCUT2D eigenvalue weighted by atomic mass is 10.2. The van der Waals surface area contributed by atoms with E-state index in [2.05, 4.69) is 12.0 Å². The second-order valence-corrected chi connectivity index (χ2v) is 1.87. The zero-order valence-electron chi connectivity index (χ0n) is 5.92. The fraction of sp³-hybridized carbons (Fsp3) is 0.667. The summed E-state index contributed by atoms with van der Waals surface area (Å²) in [6.45, 7) is 5.50. The molecule has 0 aromatic carbocycles. The van der Waals surface area contributed by atoms with Gasteiger partial charge in [0.05, 0.1) is 12.1 Å². The highest BCUT2D eigenvalue weighted by molar-refractivity contribution is 4.88. The minimum atomic E-state index is 0.0370. The van der Waals surface area contributed by atoms with Gasteiger partial charge in [0.2, 0.25) is 0 Å². The number of ether oxygens (including phenoxy) is 1. The van der Waals surface area contributed by atoms with E-state index in [0.29, 0.717) is 0 Å². The van der Waals surface area contributed by atoms with Crippen LogP contribution in [0.15, 0.2) is 12.7 Å². The smallest absolute Gasteiger partial charge is 0.0744 e. The van der Waals surface area contributed by atoms with Gasteiger partial charge in [0.1, 0.15) is 0 Å². The molecule has 54 valence electrons. The van der Waals surface area contributed by atoms with Gasteiger partial charge in [-0.1, -0.05) is 6.08 Å². The molecule has 2 atom stereocenters. The van der Waals surface area contributed by atoms with E-state index in [9.17, 15) is 0 Å². The zero-order chi connectivity index (χ0) is 7.28. The lowest BCUT2D eigenvalue weighted by molar-refractivity contribution is 0.0973. The summed E-state index contributed by atoms with van der Waals surface area (Å²) < 4.78 is 4.98. The number of nitrogens with one attached hydrogen (secondary N) is 1. The van der Waals surface area contributed by atoms with Crippen molar-refractivity contribution >= 4 is 0 Å². The first-order valence-corrected chi connectivity index (χ1v) is 2.87. The molecule has 9 heavy (non-hydrogen) atoms. The van der Waals surface area contributed by atoms with E-state index in [1.54, 1.807) is 13.2 Å². The molecule has 0 fully saturated rings. The summed E-state index contributed by atoms with van der Waals surface area (Å²) in [4.78, 5) is 0. The van der Waals surface area contributed by atoms with Crippen LogP contribution in [0.1, 0.15) is 6.92 Å². The van der Waals surface area contributed by atoms with Crippen LogP contribution in [0, 0.1) is 0 Å². The maximum Gasteiger partial charge on any atom is 0.0744 e. The SMILES string of the molecule is C=CC(NN)C(C)OC. The first-order valence-electron chi connectivity index (χ1n) is 2.87. The highest BCUT2D eigenvalue weighted by Gasteiger charge is 2.09. The van der Waals surface area contributed by atoms with Gasteiger partial charge in [0.15, 0.2) is 0 Å². The first-order chi connectivity index (χ1) is 4.26. The maximum atomic E-state index is 5.16. The average molecular weight is 130 g/mol. The van der Waals surface area contributed by atoms with E-state index < -0.39 is 0 Å². The van der Waals surface area contributed by atoms with Gasteiger partial charge < -0.3 is 4.74 Å². The van der Waals surface area contributed by atoms with Crippen molar-refractivity contribution in [3.05, 3.63) is 12.7 Å². The van der Waals surface area contributed by atoms with Gasteiger partial charge in [-0.3, -0.25) is 11.3 Å². The quantitative estimate of drug-likeness (QED) is 0.321. The molecule has 0 radical (unpaired) electrons. The standard InChI is InChI=1S/C6H14N2O/c1-4-6(8-7)5(2)9-3/h4-6,8H,1,7H2,2-3H3. The van der Waals surface area contributed by atoms with Crippen molar-refractivity contribution in [3.63, 3.8) is 0 Å². The molecular weight excluding hydrogens is 116 g/mol. The van der Waals surface area contributed by atoms with E-state index in [4.69, 9.17) is 10.6 Å². The molecule has 0 amide bonds. The number of rotatable bonds is 4. The van der Waals surface area contributed by atoms with Crippen molar-refractivity contribution in [2.45, 2.75) is 19.1 Å². The Morgan fingerprint density at radius 1 is 1.78 bits per heavy atom. The Kier molecular flexibility index (Phi) is 4.30. The van der Waals surface area contributed by atoms with Crippen molar-refractivity contribution in [1.29, 1.82) is 0 Å². The van der Waals surface area contributed by atoms with Crippen molar-refractivity contribution in [2.24, 2.45) is 5.84 Å². The van der Waals surface area contributed by atoms with Gasteiger partial charge in [0.25, 0.3) is 0 Å². The van der Waals surface area contributed by atoms with Gasteiger partial charge >= 0.3 is 0 Å². The molecule has 2 unspecified atom stereocenters. The van der Waals surface area contributed by atoms with Crippen LogP contribution >= 0.6 is 0 Å². The van der Waals surface area contributed by atoms with E-state index in [1.165, 1.54) is 0 Å². The summed E-state index contributed by atoms with van der Waals surface area (Å²) in [5, 5.41) is 0. The maximum absolute atomic E-state index is 5.16. The van der Waals surface area contributed by atoms with Crippen molar-refractivity contribution in [2.75, 3.05) is 7.11 Å². The third-order valence-corrected chi connectivity index (χ3v) is 1.32. The molecule has 0 aliphatic heterocycles. The number of nitrogens with two attached hydrogens (primary N) is 1. The summed E-state index contributed by atoms with van der Waals surface area (Å²) in [5.41, 5.74) is 2.56. The van der Waals surface area contributed by atoms with Crippen molar-refractivity contribution in [3.8, 4) is 0 Å². The minimum Gasteiger partial charge on any atom is -0.380 e. The molecule has 0 rings (SSSR count). The van der Waals surface area contributed by atoms with Gasteiger partial charge in [-0.05, 0) is 6.92 Å². The molecule has 0 saturated heterocycles. The molecule has 3 N–H and O–H groups in total. The summed E-state index contributed by atoms with van der Waals surface area (Å²) >= 11 is 0. The van der Waals surface area contributed by atoms with E-state index in [0.717, 1.165) is 0 Å². The summed E-state index contributed by atoms with van der Waals surface area (Å²) in [6, 6.07) is 0.0370. The van der Waals surface area contributed by atoms with Crippen LogP contribution in [0.5, 0.6) is 0 Å². The Morgan fingerprint density at radius 3 is 2.44 bits per heavy atom. The number of hydrogen-bond donors (Lipinski definition) is 2. The van der Waals surface area contributed by atoms with Crippen LogP contribution in [0.25, 0.3) is 0 Å². The Labute approximate surface area is 55.8 Å². The van der Waals surface area contributed by atoms with E-state index in [-0.39, 0.29) is 12.1 Å². The summed E-state index contributed by atoms with van der Waals surface area (Å²) in [6.07, 6.45) is 1.79. The third kappa shape index (κ3) is 2.60. The Bertz CT molecular complexity index is 85.1. The lowest BCUT2D eigenvalue weighted by Crippen LogP contribution is -2.41. The molecular formula is C6H14N2O. The normalized spacial score (nSPS) is 16.8. The van der Waals surface area contributed by atoms with Gasteiger partial charge in [-0.25, -0.2) is 0 Å². The molecule has 0 aliphatic rings. The Hall–Kier alpha value is -0.380. The average Bonchev–Trinajstić information content (AvgIpc) is 1.90. The number of methoxy groups -OCH3 is 1. The monoisotopic (exact) mass is 130 g/mol. The van der Waals surface area contributed by atoms with Crippen LogP contribution < -0.4 is 11.3 Å². The van der Waals surface area contributed by atoms with Crippen molar-refractivity contribution in [1.82, 2.24) is 5.43 Å². The number of hydrogen-bond acceptors (Lipinski definition) is 3. The molecule has 0 heterocycles. The minimum absolute atomic E-state index is 0.0370. The Balaban J connectivity index is 3.63. The highest BCUT2D eigenvalue weighted by atomic mass is 16.5. The predicted octanol–water partition coefficient (Wildman–Crippen LogP) is 0.0392. The third-order valence-electron chi connectivity index (χ3n) is 1.32. The van der Waals surface area contributed by atoms with Crippen LogP contribution in [0.3, 0.4) is 0 Å². The fourth-order valence-corrected chi connectivity index (χ4v) is 0.542. The highest BCUT2D eigenvalue weighted by Crippen LogP contribution is 1.95. The second-order valence-electron chi connectivity index (χ2n) is 1.87. The molecule has 0 spiro atoms. The van der Waals surface area contributed by atoms with Crippen molar-refractivity contribution < 1.29 is 4.74 Å². The second kappa shape index (κ2) is 4.49. The molecule has 0 aromatic rings. The molecule has 0 saturated carbocycles. The van der Waals surface area contributed by atoms with Gasteiger partial charge in [-0.2, -0.15) is 0 Å². The number of hydrazine groups is 1.